The second-order valence-corrected chi connectivity index (χ2v) is 5.75. The fourth-order valence-corrected chi connectivity index (χ4v) is 3.30. The standard InChI is InChI=1S/C13H21N5O2S/c1-3-17(4-2)13-16-11(14)10(21-13)12(20)18-7-5-9(19)15-6-8-18/h3-8,14H2,1-2H3,(H,15,19). The van der Waals surface area contributed by atoms with Crippen LogP contribution in [0.5, 0.6) is 0 Å². The number of nitrogens with one attached hydrogen (secondary N) is 1. The van der Waals surface area contributed by atoms with Gasteiger partial charge in [-0.15, -0.1) is 0 Å². The van der Waals surface area contributed by atoms with Crippen molar-refractivity contribution in [1.82, 2.24) is 15.2 Å². The van der Waals surface area contributed by atoms with Crippen molar-refractivity contribution in [3.63, 3.8) is 0 Å². The lowest BCUT2D eigenvalue weighted by Crippen LogP contribution is -2.34. The summed E-state index contributed by atoms with van der Waals surface area (Å²) in [5, 5.41) is 3.52. The monoisotopic (exact) mass is 311 g/mol. The number of aromatic nitrogens is 1. The lowest BCUT2D eigenvalue weighted by molar-refractivity contribution is -0.120. The first-order chi connectivity index (χ1) is 10.1. The van der Waals surface area contributed by atoms with Crippen LogP contribution in [-0.2, 0) is 4.79 Å². The summed E-state index contributed by atoms with van der Waals surface area (Å²) in [5.41, 5.74) is 5.91. The smallest absolute Gasteiger partial charge is 0.267 e. The molecular formula is C13H21N5O2S. The van der Waals surface area contributed by atoms with E-state index in [0.29, 0.717) is 30.9 Å². The summed E-state index contributed by atoms with van der Waals surface area (Å²) in [6, 6.07) is 0. The van der Waals surface area contributed by atoms with E-state index in [-0.39, 0.29) is 17.6 Å². The molecular weight excluding hydrogens is 290 g/mol. The van der Waals surface area contributed by atoms with Crippen LogP contribution in [0.2, 0.25) is 0 Å². The van der Waals surface area contributed by atoms with Gasteiger partial charge in [0.05, 0.1) is 0 Å². The summed E-state index contributed by atoms with van der Waals surface area (Å²) in [6.07, 6.45) is 0.327. The van der Waals surface area contributed by atoms with Gasteiger partial charge in [0.25, 0.3) is 5.91 Å². The van der Waals surface area contributed by atoms with Crippen LogP contribution in [0.15, 0.2) is 0 Å². The molecule has 1 aliphatic heterocycles. The van der Waals surface area contributed by atoms with Gasteiger partial charge >= 0.3 is 0 Å². The van der Waals surface area contributed by atoms with Crippen LogP contribution < -0.4 is 16.0 Å². The Kier molecular flexibility index (Phi) is 5.00. The molecule has 0 bridgehead atoms. The van der Waals surface area contributed by atoms with Crippen molar-refractivity contribution in [2.75, 3.05) is 43.4 Å². The number of hydrogen-bond acceptors (Lipinski definition) is 6. The maximum absolute atomic E-state index is 12.6. The number of nitrogens with zero attached hydrogens (tertiary/aromatic N) is 3. The number of amides is 2. The third-order valence-corrected chi connectivity index (χ3v) is 4.59. The average Bonchev–Trinajstić information content (AvgIpc) is 2.71. The Morgan fingerprint density at radius 1 is 1.43 bits per heavy atom. The van der Waals surface area contributed by atoms with Crippen molar-refractivity contribution in [3.05, 3.63) is 4.88 Å². The van der Waals surface area contributed by atoms with Gasteiger partial charge in [-0.3, -0.25) is 9.59 Å². The maximum Gasteiger partial charge on any atom is 0.267 e. The second-order valence-electron chi connectivity index (χ2n) is 4.78. The third-order valence-electron chi connectivity index (χ3n) is 3.47. The summed E-state index contributed by atoms with van der Waals surface area (Å²) in [7, 11) is 0. The molecule has 0 spiro atoms. The third kappa shape index (κ3) is 3.44. The molecule has 21 heavy (non-hydrogen) atoms. The molecule has 8 heteroatoms. The Bertz CT molecular complexity index is 527. The van der Waals surface area contributed by atoms with Crippen molar-refractivity contribution >= 4 is 34.1 Å². The molecule has 0 saturated carbocycles. The van der Waals surface area contributed by atoms with E-state index in [1.165, 1.54) is 11.3 Å². The Labute approximate surface area is 128 Å². The lowest BCUT2D eigenvalue weighted by Gasteiger charge is -2.18. The zero-order chi connectivity index (χ0) is 15.4. The fourth-order valence-electron chi connectivity index (χ4n) is 2.22. The zero-order valence-corrected chi connectivity index (χ0v) is 13.2. The molecule has 1 aromatic heterocycles. The molecule has 3 N–H and O–H groups in total. The van der Waals surface area contributed by atoms with Crippen molar-refractivity contribution in [2.24, 2.45) is 0 Å². The Morgan fingerprint density at radius 2 is 2.14 bits per heavy atom. The molecule has 0 unspecified atom stereocenters. The van der Waals surface area contributed by atoms with E-state index in [1.807, 2.05) is 13.8 Å². The molecule has 0 aliphatic carbocycles. The molecule has 2 heterocycles. The molecule has 1 aliphatic rings. The van der Waals surface area contributed by atoms with Crippen LogP contribution in [0.4, 0.5) is 10.9 Å². The Balaban J connectivity index is 2.17. The summed E-state index contributed by atoms with van der Waals surface area (Å²) in [5.74, 6) is 0.113. The number of carbonyl (C=O) groups excluding carboxylic acids is 2. The molecule has 2 amide bonds. The predicted octanol–water partition coefficient (Wildman–Crippen LogP) is 0.534. The number of anilines is 2. The van der Waals surface area contributed by atoms with Gasteiger partial charge in [0.15, 0.2) is 5.13 Å². The molecule has 116 valence electrons. The summed E-state index contributed by atoms with van der Waals surface area (Å²) in [4.78, 5) is 32.4. The first-order valence-corrected chi connectivity index (χ1v) is 7.95. The van der Waals surface area contributed by atoms with Gasteiger partial charge < -0.3 is 20.9 Å². The first kappa shape index (κ1) is 15.6. The maximum atomic E-state index is 12.6. The summed E-state index contributed by atoms with van der Waals surface area (Å²) >= 11 is 1.32. The number of rotatable bonds is 4. The number of nitrogen functional groups attached to an aromatic ring is 1. The molecule has 0 atom stereocenters. The Morgan fingerprint density at radius 3 is 2.81 bits per heavy atom. The van der Waals surface area contributed by atoms with Gasteiger partial charge in [0, 0.05) is 39.1 Å². The van der Waals surface area contributed by atoms with E-state index in [0.717, 1.165) is 18.2 Å². The summed E-state index contributed by atoms with van der Waals surface area (Å²) < 4.78 is 0. The van der Waals surface area contributed by atoms with Gasteiger partial charge in [0.2, 0.25) is 5.91 Å². The summed E-state index contributed by atoms with van der Waals surface area (Å²) in [6.45, 7) is 7.11. The number of nitrogens with two attached hydrogens (primary N) is 1. The minimum absolute atomic E-state index is 0.0218. The molecule has 1 aromatic rings. The van der Waals surface area contributed by atoms with Crippen LogP contribution in [0.1, 0.15) is 29.9 Å². The highest BCUT2D eigenvalue weighted by Crippen LogP contribution is 2.29. The van der Waals surface area contributed by atoms with Crippen molar-refractivity contribution in [1.29, 1.82) is 0 Å². The number of carbonyl (C=O) groups is 2. The molecule has 0 aromatic carbocycles. The zero-order valence-electron chi connectivity index (χ0n) is 12.4. The molecule has 1 fully saturated rings. The second kappa shape index (κ2) is 6.75. The normalized spacial score (nSPS) is 15.5. The van der Waals surface area contributed by atoms with Crippen LogP contribution in [0.25, 0.3) is 0 Å². The van der Waals surface area contributed by atoms with E-state index in [2.05, 4.69) is 15.2 Å². The number of hydrogen-bond donors (Lipinski definition) is 2. The van der Waals surface area contributed by atoms with E-state index in [9.17, 15) is 9.59 Å². The fraction of sp³-hybridized carbons (Fsp3) is 0.615. The van der Waals surface area contributed by atoms with Crippen molar-refractivity contribution < 1.29 is 9.59 Å². The van der Waals surface area contributed by atoms with Crippen LogP contribution in [-0.4, -0.2) is 54.4 Å². The van der Waals surface area contributed by atoms with Gasteiger partial charge in [0.1, 0.15) is 10.7 Å². The van der Waals surface area contributed by atoms with E-state index in [4.69, 9.17) is 5.73 Å². The largest absolute Gasteiger partial charge is 0.382 e. The predicted molar refractivity (Wildman–Crippen MR) is 83.6 cm³/mol. The van der Waals surface area contributed by atoms with Crippen molar-refractivity contribution in [3.8, 4) is 0 Å². The Hall–Kier alpha value is -1.83. The van der Waals surface area contributed by atoms with Crippen LogP contribution in [0.3, 0.4) is 0 Å². The molecule has 1 saturated heterocycles. The van der Waals surface area contributed by atoms with Gasteiger partial charge in [-0.2, -0.15) is 0 Å². The first-order valence-electron chi connectivity index (χ1n) is 7.14. The highest BCUT2D eigenvalue weighted by atomic mass is 32.1. The van der Waals surface area contributed by atoms with E-state index >= 15 is 0 Å². The van der Waals surface area contributed by atoms with Gasteiger partial charge in [-0.05, 0) is 13.8 Å². The van der Waals surface area contributed by atoms with Crippen LogP contribution in [0, 0.1) is 0 Å². The van der Waals surface area contributed by atoms with Gasteiger partial charge in [-0.25, -0.2) is 4.98 Å². The van der Waals surface area contributed by atoms with Crippen LogP contribution >= 0.6 is 11.3 Å². The molecule has 0 radical (unpaired) electrons. The van der Waals surface area contributed by atoms with Crippen molar-refractivity contribution in [2.45, 2.75) is 20.3 Å². The average molecular weight is 311 g/mol. The SMILES string of the molecule is CCN(CC)c1nc(N)c(C(=O)N2CCNC(=O)CC2)s1. The quantitative estimate of drug-likeness (QED) is 0.846. The molecule has 2 rings (SSSR count). The highest BCUT2D eigenvalue weighted by Gasteiger charge is 2.25. The molecule has 7 nitrogen and oxygen atoms in total. The van der Waals surface area contributed by atoms with Gasteiger partial charge in [-0.1, -0.05) is 11.3 Å². The van der Waals surface area contributed by atoms with E-state index < -0.39 is 0 Å². The van der Waals surface area contributed by atoms with E-state index in [1.54, 1.807) is 4.90 Å². The lowest BCUT2D eigenvalue weighted by atomic mass is 10.3. The topological polar surface area (TPSA) is 91.6 Å². The minimum Gasteiger partial charge on any atom is -0.382 e. The highest BCUT2D eigenvalue weighted by molar-refractivity contribution is 7.18. The number of thiazole rings is 1. The minimum atomic E-state index is -0.139.